The minimum absolute atomic E-state index is 0.00534. The number of aryl methyl sites for hydroxylation is 2. The molecule has 0 saturated carbocycles. The van der Waals surface area contributed by atoms with Crippen molar-refractivity contribution in [1.29, 1.82) is 0 Å². The smallest absolute Gasteiger partial charge is 0.338 e. The fourth-order valence-electron chi connectivity index (χ4n) is 3.18. The van der Waals surface area contributed by atoms with Crippen LogP contribution < -0.4 is 9.62 Å². The van der Waals surface area contributed by atoms with Gasteiger partial charge in [0.25, 0.3) is 10.0 Å². The summed E-state index contributed by atoms with van der Waals surface area (Å²) in [6.07, 6.45) is 0. The molecule has 0 spiro atoms. The molecule has 0 aromatic heterocycles. The first kappa shape index (κ1) is 25.3. The number of sulfonamides is 1. The monoisotopic (exact) mass is 500 g/mol. The van der Waals surface area contributed by atoms with Gasteiger partial charge < -0.3 is 10.1 Å². The first-order valence-corrected chi connectivity index (χ1v) is 12.4. The molecule has 34 heavy (non-hydrogen) atoms. The Morgan fingerprint density at radius 1 is 0.971 bits per heavy atom. The lowest BCUT2D eigenvalue weighted by Gasteiger charge is -2.24. The van der Waals surface area contributed by atoms with Crippen LogP contribution in [0.4, 0.5) is 11.4 Å². The maximum Gasteiger partial charge on any atom is 0.338 e. The fourth-order valence-corrected chi connectivity index (χ4v) is 4.73. The average molecular weight is 501 g/mol. The van der Waals surface area contributed by atoms with Gasteiger partial charge >= 0.3 is 5.97 Å². The van der Waals surface area contributed by atoms with Gasteiger partial charge in [-0.15, -0.1) is 0 Å². The summed E-state index contributed by atoms with van der Waals surface area (Å²) in [5.41, 5.74) is 2.68. The Bertz CT molecular complexity index is 1290. The van der Waals surface area contributed by atoms with Gasteiger partial charge in [-0.3, -0.25) is 9.10 Å². The van der Waals surface area contributed by atoms with E-state index in [0.717, 1.165) is 9.87 Å². The molecule has 0 saturated heterocycles. The number of benzene rings is 3. The van der Waals surface area contributed by atoms with Crippen LogP contribution in [0.15, 0.2) is 71.6 Å². The molecule has 7 nitrogen and oxygen atoms in total. The van der Waals surface area contributed by atoms with Gasteiger partial charge in [0.15, 0.2) is 0 Å². The minimum Gasteiger partial charge on any atom is -0.462 e. The molecular weight excluding hydrogens is 476 g/mol. The zero-order chi connectivity index (χ0) is 24.9. The Morgan fingerprint density at radius 3 is 2.24 bits per heavy atom. The summed E-state index contributed by atoms with van der Waals surface area (Å²) in [6.45, 7) is 5.11. The summed E-state index contributed by atoms with van der Waals surface area (Å²) in [5, 5.41) is 3.12. The van der Waals surface area contributed by atoms with Gasteiger partial charge in [-0.1, -0.05) is 35.4 Å². The van der Waals surface area contributed by atoms with E-state index in [4.69, 9.17) is 16.3 Å². The van der Waals surface area contributed by atoms with Crippen LogP contribution >= 0.6 is 11.6 Å². The van der Waals surface area contributed by atoms with E-state index in [0.29, 0.717) is 22.0 Å². The number of anilines is 2. The Kier molecular flexibility index (Phi) is 7.96. The highest BCUT2D eigenvalue weighted by atomic mass is 35.5. The number of amides is 1. The van der Waals surface area contributed by atoms with Crippen LogP contribution in [0.3, 0.4) is 0 Å². The predicted molar refractivity (Wildman–Crippen MR) is 133 cm³/mol. The highest BCUT2D eigenvalue weighted by Crippen LogP contribution is 2.26. The van der Waals surface area contributed by atoms with E-state index in [1.54, 1.807) is 50.2 Å². The average Bonchev–Trinajstić information content (AvgIpc) is 2.80. The van der Waals surface area contributed by atoms with Crippen molar-refractivity contribution >= 4 is 44.9 Å². The SMILES string of the molecule is CCOC(=O)c1ccc(C)c(NC(=O)CN(c2ccc(C)cc2)S(=O)(=O)c2ccc(Cl)cc2)c1. The zero-order valence-corrected chi connectivity index (χ0v) is 20.6. The van der Waals surface area contributed by atoms with E-state index in [-0.39, 0.29) is 17.1 Å². The van der Waals surface area contributed by atoms with Crippen LogP contribution in [0.25, 0.3) is 0 Å². The van der Waals surface area contributed by atoms with Crippen molar-refractivity contribution in [2.24, 2.45) is 0 Å². The van der Waals surface area contributed by atoms with Gasteiger partial charge in [0, 0.05) is 10.7 Å². The van der Waals surface area contributed by atoms with Crippen LogP contribution in [0.5, 0.6) is 0 Å². The number of ether oxygens (including phenoxy) is 1. The predicted octanol–water partition coefficient (Wildman–Crippen LogP) is 4.97. The first-order valence-electron chi connectivity index (χ1n) is 10.5. The molecule has 0 atom stereocenters. The van der Waals surface area contributed by atoms with Gasteiger partial charge in [0.2, 0.25) is 5.91 Å². The zero-order valence-electron chi connectivity index (χ0n) is 19.0. The summed E-state index contributed by atoms with van der Waals surface area (Å²) in [7, 11) is -4.07. The van der Waals surface area contributed by atoms with Crippen LogP contribution in [-0.4, -0.2) is 33.4 Å². The third kappa shape index (κ3) is 5.95. The Labute approximate surface area is 204 Å². The van der Waals surface area contributed by atoms with E-state index in [9.17, 15) is 18.0 Å². The standard InChI is InChI=1S/C25H25ClN2O5S/c1-4-33-25(30)19-8-7-18(3)23(15-19)27-24(29)16-28(21-11-5-17(2)6-12-21)34(31,32)22-13-9-20(26)10-14-22/h5-15H,4,16H2,1-3H3,(H,27,29). The van der Waals surface area contributed by atoms with Crippen molar-refractivity contribution in [3.8, 4) is 0 Å². The molecule has 0 heterocycles. The fraction of sp³-hybridized carbons (Fsp3) is 0.200. The number of nitrogens with one attached hydrogen (secondary N) is 1. The van der Waals surface area contributed by atoms with Crippen molar-refractivity contribution in [2.75, 3.05) is 22.8 Å². The van der Waals surface area contributed by atoms with Gasteiger partial charge in [0.05, 0.1) is 22.8 Å². The molecule has 1 amide bonds. The van der Waals surface area contributed by atoms with Crippen molar-refractivity contribution < 1.29 is 22.7 Å². The van der Waals surface area contributed by atoms with Crippen LogP contribution in [0.2, 0.25) is 5.02 Å². The van der Waals surface area contributed by atoms with E-state index in [1.807, 2.05) is 6.92 Å². The molecule has 0 unspecified atom stereocenters. The van der Waals surface area contributed by atoms with E-state index in [2.05, 4.69) is 5.32 Å². The van der Waals surface area contributed by atoms with Crippen molar-refractivity contribution in [3.05, 3.63) is 88.4 Å². The molecule has 0 aliphatic rings. The summed E-state index contributed by atoms with van der Waals surface area (Å²) < 4.78 is 32.9. The Morgan fingerprint density at radius 2 is 1.62 bits per heavy atom. The van der Waals surface area contributed by atoms with Crippen LogP contribution in [0.1, 0.15) is 28.4 Å². The molecule has 1 N–H and O–H groups in total. The van der Waals surface area contributed by atoms with Crippen molar-refractivity contribution in [1.82, 2.24) is 0 Å². The molecule has 0 aliphatic carbocycles. The lowest BCUT2D eigenvalue weighted by molar-refractivity contribution is -0.114. The van der Waals surface area contributed by atoms with E-state index in [1.165, 1.54) is 30.3 Å². The van der Waals surface area contributed by atoms with Crippen LogP contribution in [-0.2, 0) is 19.6 Å². The highest BCUT2D eigenvalue weighted by Gasteiger charge is 2.27. The maximum absolute atomic E-state index is 13.4. The number of hydrogen-bond donors (Lipinski definition) is 1. The van der Waals surface area contributed by atoms with Crippen molar-refractivity contribution in [3.63, 3.8) is 0 Å². The number of hydrogen-bond acceptors (Lipinski definition) is 5. The molecule has 3 aromatic rings. The molecule has 0 fully saturated rings. The molecule has 9 heteroatoms. The van der Waals surface area contributed by atoms with E-state index < -0.39 is 28.4 Å². The summed E-state index contributed by atoms with van der Waals surface area (Å²) >= 11 is 5.91. The van der Waals surface area contributed by atoms with Gasteiger partial charge in [-0.2, -0.15) is 0 Å². The summed E-state index contributed by atoms with van der Waals surface area (Å²) in [5.74, 6) is -1.08. The number of carbonyl (C=O) groups excluding carboxylic acids is 2. The molecule has 3 rings (SSSR count). The Hall–Kier alpha value is -3.36. The quantitative estimate of drug-likeness (QED) is 0.441. The van der Waals surface area contributed by atoms with E-state index >= 15 is 0 Å². The highest BCUT2D eigenvalue weighted by molar-refractivity contribution is 7.92. The molecule has 0 aliphatic heterocycles. The third-order valence-electron chi connectivity index (χ3n) is 5.03. The number of nitrogens with zero attached hydrogens (tertiary/aromatic N) is 1. The van der Waals surface area contributed by atoms with Gasteiger partial charge in [0.1, 0.15) is 6.54 Å². The molecule has 0 bridgehead atoms. The van der Waals surface area contributed by atoms with Crippen LogP contribution in [0, 0.1) is 13.8 Å². The molecular formula is C25H25ClN2O5S. The number of halogens is 1. The lowest BCUT2D eigenvalue weighted by Crippen LogP contribution is -2.38. The second-order valence-corrected chi connectivity index (χ2v) is 9.90. The van der Waals surface area contributed by atoms with Crippen molar-refractivity contribution in [2.45, 2.75) is 25.7 Å². The summed E-state index contributed by atoms with van der Waals surface area (Å²) in [6, 6.07) is 17.4. The normalized spacial score (nSPS) is 11.1. The van der Waals surface area contributed by atoms with Gasteiger partial charge in [-0.25, -0.2) is 13.2 Å². The number of esters is 1. The lowest BCUT2D eigenvalue weighted by atomic mass is 10.1. The largest absolute Gasteiger partial charge is 0.462 e. The topological polar surface area (TPSA) is 92.8 Å². The third-order valence-corrected chi connectivity index (χ3v) is 7.07. The molecule has 3 aromatic carbocycles. The maximum atomic E-state index is 13.4. The number of carbonyl (C=O) groups is 2. The second-order valence-electron chi connectivity index (χ2n) is 7.60. The first-order chi connectivity index (χ1) is 16.1. The van der Waals surface area contributed by atoms with Gasteiger partial charge in [-0.05, 0) is 74.9 Å². The molecule has 178 valence electrons. The Balaban J connectivity index is 1.92. The molecule has 0 radical (unpaired) electrons. The summed E-state index contributed by atoms with van der Waals surface area (Å²) in [4.78, 5) is 25.1. The number of rotatable bonds is 8. The minimum atomic E-state index is -4.07. The second kappa shape index (κ2) is 10.7.